The molecule has 0 atom stereocenters. The van der Waals surface area contributed by atoms with Gasteiger partial charge in [-0.3, -0.25) is 0 Å². The molecule has 0 saturated carbocycles. The van der Waals surface area contributed by atoms with Crippen LogP contribution in [0.15, 0.2) is 72.8 Å². The van der Waals surface area contributed by atoms with Crippen molar-refractivity contribution in [3.8, 4) is 23.0 Å². The number of rotatable bonds is 13. The second kappa shape index (κ2) is 25.7. The van der Waals surface area contributed by atoms with Crippen molar-refractivity contribution >= 4 is 116 Å². The summed E-state index contributed by atoms with van der Waals surface area (Å²) < 4.78 is 26.0. The van der Waals surface area contributed by atoms with Crippen LogP contribution in [0.1, 0.15) is 36.1 Å². The summed E-state index contributed by atoms with van der Waals surface area (Å²) in [5.41, 5.74) is 4.26. The Morgan fingerprint density at radius 1 is 0.536 bits per heavy atom. The maximum atomic E-state index is 6.16. The molecule has 0 heterocycles. The first-order chi connectivity index (χ1) is 26.2. The van der Waals surface area contributed by atoms with Crippen molar-refractivity contribution in [1.82, 2.24) is 15.5 Å². The van der Waals surface area contributed by atoms with Gasteiger partial charge in [-0.2, -0.15) is 0 Å². The van der Waals surface area contributed by atoms with Crippen LogP contribution in [0, 0.1) is 27.7 Å². The zero-order valence-electron chi connectivity index (χ0n) is 33.5. The van der Waals surface area contributed by atoms with Gasteiger partial charge < -0.3 is 109 Å². The first-order valence-electron chi connectivity index (χ1n) is 17.5. The third kappa shape index (κ3) is 12.9. The van der Waals surface area contributed by atoms with Crippen molar-refractivity contribution in [3.05, 3.63) is 95.1 Å². The summed E-state index contributed by atoms with van der Waals surface area (Å²) in [4.78, 5) is 1.96. The van der Waals surface area contributed by atoms with Crippen molar-refractivity contribution in [2.75, 3.05) is 54.6 Å². The monoisotopic (exact) mass is 936 g/mol. The van der Waals surface area contributed by atoms with Gasteiger partial charge >= 0.3 is 17.1 Å². The molecule has 15 heteroatoms. The van der Waals surface area contributed by atoms with Gasteiger partial charge in [-0.1, -0.05) is 61.5 Å². The fourth-order valence-electron chi connectivity index (χ4n) is 6.26. The molecule has 1 radical (unpaired) electrons. The van der Waals surface area contributed by atoms with E-state index in [4.69, 9.17) is 43.8 Å². The Hall–Kier alpha value is -2.64. The van der Waals surface area contributed by atoms with Crippen LogP contribution in [0.4, 0.5) is 0 Å². The number of benzene rings is 4. The minimum atomic E-state index is -2.73. The summed E-state index contributed by atoms with van der Waals surface area (Å²) >= 11 is 27.9. The minimum Gasteiger partial charge on any atom is -0.492 e. The van der Waals surface area contributed by atoms with Gasteiger partial charge in [0.2, 0.25) is 0 Å². The predicted octanol–water partition coefficient (Wildman–Crippen LogP) is 6.56. The van der Waals surface area contributed by atoms with Crippen molar-refractivity contribution in [2.45, 2.75) is 41.5 Å². The number of hydrogen-bond donors (Lipinski definition) is 2. The summed E-state index contributed by atoms with van der Waals surface area (Å²) in [5.74, 6) is 3.41. The first-order valence-corrected chi connectivity index (χ1v) is 21.8. The molecule has 0 amide bonds. The Kier molecular flexibility index (Phi) is 23.5. The number of thiocarbonyl (C=S) groups is 3. The van der Waals surface area contributed by atoms with Gasteiger partial charge in [0.25, 0.3) is 0 Å². The number of nitrogens with one attached hydrogen (secondary N) is 2. The van der Waals surface area contributed by atoms with E-state index in [2.05, 4.69) is 161 Å². The molecule has 0 saturated heterocycles. The second-order valence-corrected chi connectivity index (χ2v) is 18.5. The van der Waals surface area contributed by atoms with Crippen LogP contribution in [0.2, 0.25) is 0 Å². The van der Waals surface area contributed by atoms with Gasteiger partial charge in [-0.15, -0.1) is 0 Å². The maximum absolute atomic E-state index is 6.16. The summed E-state index contributed by atoms with van der Waals surface area (Å²) in [6.07, 6.45) is 0. The normalized spacial score (nSPS) is 10.2. The molecule has 4 rings (SSSR count). The van der Waals surface area contributed by atoms with E-state index in [0.29, 0.717) is 26.1 Å². The quantitative estimate of drug-likeness (QED) is 0.0502. The van der Waals surface area contributed by atoms with Crippen LogP contribution < -0.4 is 50.8 Å². The first kappa shape index (κ1) is 51.4. The van der Waals surface area contributed by atoms with Crippen LogP contribution in [-0.2, 0) is 55.0 Å². The number of nitrogens with zero attached hydrogens (tertiary/aromatic N) is 1. The number of aryl methyl sites for hydroxylation is 4. The van der Waals surface area contributed by atoms with E-state index >= 15 is 0 Å². The smallest absolute Gasteiger partial charge is 0.492 e. The van der Waals surface area contributed by atoms with E-state index in [1.165, 1.54) is 0 Å². The van der Waals surface area contributed by atoms with E-state index in [1.54, 1.807) is 28.4 Å². The zero-order chi connectivity index (χ0) is 41.3. The summed E-state index contributed by atoms with van der Waals surface area (Å²) in [5, 5.41) is 9.92. The molecule has 0 aliphatic carbocycles. The van der Waals surface area contributed by atoms with Gasteiger partial charge in [-0.25, -0.2) is 0 Å². The molecule has 0 aliphatic rings. The SMILES string of the molecule is CCN(CC)C(=S)[S-].COc1c(C)cccc1[P+](c1cccc(C)c1OC)(c1cccc(C)c1OC)c1cccc(C)c1OC.S=C([S-])NCCNC(=S)[S-].[Cu+2]. The molecule has 2 N–H and O–H groups in total. The van der Waals surface area contributed by atoms with Crippen LogP contribution in [0.25, 0.3) is 0 Å². The predicted molar refractivity (Wildman–Crippen MR) is 255 cm³/mol. The number of hydrogen-bond acceptors (Lipinski definition) is 10. The molecule has 4 aromatic rings. The summed E-state index contributed by atoms with van der Waals surface area (Å²) in [6.45, 7) is 15.6. The van der Waals surface area contributed by atoms with Crippen molar-refractivity contribution in [2.24, 2.45) is 0 Å². The largest absolute Gasteiger partial charge is 2.00 e. The molecule has 0 unspecified atom stereocenters. The second-order valence-electron chi connectivity index (χ2n) is 12.0. The van der Waals surface area contributed by atoms with Gasteiger partial charge in [0.15, 0.2) is 51.5 Å². The molecule has 7 nitrogen and oxygen atoms in total. The average Bonchev–Trinajstić information content (AvgIpc) is 3.15. The molecule has 0 aliphatic heterocycles. The number of ether oxygens (including phenoxy) is 4. The molecule has 4 aromatic carbocycles. The molecule has 0 spiro atoms. The van der Waals surface area contributed by atoms with E-state index < -0.39 is 7.26 Å². The molecule has 307 valence electrons. The van der Waals surface area contributed by atoms with Crippen molar-refractivity contribution in [3.63, 3.8) is 0 Å². The van der Waals surface area contributed by atoms with Gasteiger partial charge in [-0.05, 0) is 88.1 Å². The summed E-state index contributed by atoms with van der Waals surface area (Å²) in [6, 6.07) is 25.5. The third-order valence-electron chi connectivity index (χ3n) is 8.71. The summed E-state index contributed by atoms with van der Waals surface area (Å²) in [7, 11) is 4.25. The Bertz CT molecular complexity index is 1680. The van der Waals surface area contributed by atoms with Crippen LogP contribution in [-0.4, -0.2) is 72.5 Å². The van der Waals surface area contributed by atoms with E-state index in [9.17, 15) is 0 Å². The minimum absolute atomic E-state index is 0. The third-order valence-corrected chi connectivity index (χ3v) is 14.1. The molecule has 56 heavy (non-hydrogen) atoms. The number of methoxy groups -OCH3 is 4. The Labute approximate surface area is 378 Å². The van der Waals surface area contributed by atoms with E-state index in [-0.39, 0.29) is 17.1 Å². The van der Waals surface area contributed by atoms with Crippen LogP contribution in [0.3, 0.4) is 0 Å². The molecule has 0 bridgehead atoms. The maximum Gasteiger partial charge on any atom is 2.00 e. The zero-order valence-corrected chi connectivity index (χ0v) is 40.3. The van der Waals surface area contributed by atoms with E-state index in [0.717, 1.165) is 79.6 Å². The van der Waals surface area contributed by atoms with Crippen molar-refractivity contribution in [1.29, 1.82) is 0 Å². The standard InChI is InChI=1S/C32H36O4P.C5H11NS2.C4H8N2S4.Cu/c1-21-13-9-17-25(29(21)33-5)37(26-18-10-14-22(2)30(26)34-6,27-19-11-15-23(3)31(27)35-7)28-20-12-16-24(4)32(28)36-8;1-3-6(4-2)5(7)8;7-3(8)5-1-2-6-4(9)10;/h9-20H,1-8H3;3-4H2,1-2H3,(H,7,8);1-2H2,(H2,5,7,8)(H2,6,9,10);/q+1;;;+2/p-3. The molecular formula is C41H52CuN3O4PS6. The van der Waals surface area contributed by atoms with Crippen molar-refractivity contribution < 1.29 is 36.0 Å². The Balaban J connectivity index is 0.000000685. The van der Waals surface area contributed by atoms with Gasteiger partial charge in [0.1, 0.15) is 0 Å². The van der Waals surface area contributed by atoms with Gasteiger partial charge in [0.05, 0.1) is 28.4 Å². The van der Waals surface area contributed by atoms with Gasteiger partial charge in [0, 0.05) is 26.2 Å². The Morgan fingerprint density at radius 3 is 0.946 bits per heavy atom. The molecule has 0 fully saturated rings. The fourth-order valence-corrected chi connectivity index (χ4v) is 12.3. The van der Waals surface area contributed by atoms with Crippen LogP contribution >= 0.6 is 43.9 Å². The number of para-hydroxylation sites is 4. The average molecular weight is 938 g/mol. The topological polar surface area (TPSA) is 64.2 Å². The van der Waals surface area contributed by atoms with Crippen LogP contribution in [0.5, 0.6) is 23.0 Å². The molecular weight excluding hydrogens is 885 g/mol. The Morgan fingerprint density at radius 2 is 0.786 bits per heavy atom. The molecule has 0 aromatic heterocycles. The fraction of sp³-hybridized carbons (Fsp3) is 0.341. The van der Waals surface area contributed by atoms with E-state index in [1.807, 2.05) is 18.7 Å².